The molecule has 0 unspecified atom stereocenters. The highest BCUT2D eigenvalue weighted by molar-refractivity contribution is 8.18. The zero-order valence-corrected chi connectivity index (χ0v) is 14.4. The Hall–Kier alpha value is -0.620. The van der Waals surface area contributed by atoms with Crippen LogP contribution in [0.15, 0.2) is 11.5 Å². The van der Waals surface area contributed by atoms with E-state index in [0.29, 0.717) is 4.58 Å². The molecule has 0 aromatic rings. The third kappa shape index (κ3) is 11.2. The van der Waals surface area contributed by atoms with E-state index < -0.39 is 17.5 Å². The molecule has 0 aromatic carbocycles. The third-order valence-corrected chi connectivity index (χ3v) is 4.73. The minimum atomic E-state index is -0.582. The van der Waals surface area contributed by atoms with Crippen molar-refractivity contribution in [2.45, 2.75) is 50.7 Å². The predicted molar refractivity (Wildman–Crippen MR) is 85.7 cm³/mol. The van der Waals surface area contributed by atoms with E-state index in [1.807, 2.05) is 5.41 Å². The van der Waals surface area contributed by atoms with Crippen LogP contribution in [0.1, 0.15) is 40.5 Å². The fraction of sp³-hybridized carbons (Fsp3) is 0.714. The van der Waals surface area contributed by atoms with E-state index in [1.54, 1.807) is 50.4 Å². The number of hydrogen-bond acceptors (Lipinski definition) is 6. The van der Waals surface area contributed by atoms with Crippen molar-refractivity contribution in [3.05, 3.63) is 11.5 Å². The van der Waals surface area contributed by atoms with E-state index in [1.165, 1.54) is 0 Å². The highest BCUT2D eigenvalue weighted by atomic mass is 32.2. The molecule has 0 aromatic heterocycles. The van der Waals surface area contributed by atoms with Gasteiger partial charge in [-0.2, -0.15) is 11.8 Å². The fourth-order valence-electron chi connectivity index (χ4n) is 1.19. The molecule has 20 heavy (non-hydrogen) atoms. The SMILES string of the molecule is CC[C@H](SC)S/C=C/COC(=O)CC(=O)OC(C)(C)C. The fourth-order valence-corrected chi connectivity index (χ4v) is 2.72. The molecule has 4 nitrogen and oxygen atoms in total. The number of esters is 2. The zero-order valence-electron chi connectivity index (χ0n) is 12.8. The van der Waals surface area contributed by atoms with Crippen molar-refractivity contribution in [2.24, 2.45) is 0 Å². The summed E-state index contributed by atoms with van der Waals surface area (Å²) in [6.07, 6.45) is 4.57. The Morgan fingerprint density at radius 2 is 1.90 bits per heavy atom. The van der Waals surface area contributed by atoms with Crippen molar-refractivity contribution in [2.75, 3.05) is 12.9 Å². The van der Waals surface area contributed by atoms with Gasteiger partial charge < -0.3 is 9.47 Å². The van der Waals surface area contributed by atoms with Crippen LogP contribution in [0.5, 0.6) is 0 Å². The average Bonchev–Trinajstić information content (AvgIpc) is 2.31. The number of rotatable bonds is 8. The van der Waals surface area contributed by atoms with Gasteiger partial charge in [0, 0.05) is 0 Å². The molecular weight excluding hydrogens is 296 g/mol. The van der Waals surface area contributed by atoms with Crippen LogP contribution in [0.25, 0.3) is 0 Å². The second kappa shape index (κ2) is 10.2. The minimum absolute atomic E-state index is 0.180. The van der Waals surface area contributed by atoms with Crippen molar-refractivity contribution in [1.82, 2.24) is 0 Å². The Morgan fingerprint density at radius 3 is 2.40 bits per heavy atom. The summed E-state index contributed by atoms with van der Waals surface area (Å²) in [5.41, 5.74) is -0.582. The van der Waals surface area contributed by atoms with Gasteiger partial charge in [-0.15, -0.1) is 11.8 Å². The molecule has 0 heterocycles. The van der Waals surface area contributed by atoms with E-state index in [2.05, 4.69) is 13.2 Å². The van der Waals surface area contributed by atoms with Crippen molar-refractivity contribution in [3.63, 3.8) is 0 Å². The van der Waals surface area contributed by atoms with Crippen LogP contribution in [-0.4, -0.2) is 35.0 Å². The number of thioether (sulfide) groups is 2. The largest absolute Gasteiger partial charge is 0.461 e. The van der Waals surface area contributed by atoms with Gasteiger partial charge in [0.25, 0.3) is 0 Å². The van der Waals surface area contributed by atoms with Crippen LogP contribution < -0.4 is 0 Å². The summed E-state index contributed by atoms with van der Waals surface area (Å²) >= 11 is 3.49. The van der Waals surface area contributed by atoms with Gasteiger partial charge in [0.15, 0.2) is 0 Å². The molecule has 0 N–H and O–H groups in total. The van der Waals surface area contributed by atoms with Crippen LogP contribution in [0.2, 0.25) is 0 Å². The van der Waals surface area contributed by atoms with Crippen LogP contribution in [0.3, 0.4) is 0 Å². The molecule has 0 bridgehead atoms. The second-order valence-corrected chi connectivity index (χ2v) is 7.48. The molecule has 0 aliphatic heterocycles. The maximum atomic E-state index is 11.4. The summed E-state index contributed by atoms with van der Waals surface area (Å²) in [6, 6.07) is 0. The first-order chi connectivity index (χ1) is 9.28. The molecular formula is C14H24O4S2. The van der Waals surface area contributed by atoms with Crippen molar-refractivity contribution < 1.29 is 19.1 Å². The smallest absolute Gasteiger partial charge is 0.317 e. The molecule has 0 aliphatic rings. The Balaban J connectivity index is 3.84. The van der Waals surface area contributed by atoms with Gasteiger partial charge in [-0.25, -0.2) is 0 Å². The predicted octanol–water partition coefficient (Wildman–Crippen LogP) is 3.61. The summed E-state index contributed by atoms with van der Waals surface area (Å²) in [6.45, 7) is 7.58. The first kappa shape index (κ1) is 19.4. The lowest BCUT2D eigenvalue weighted by Gasteiger charge is -2.18. The van der Waals surface area contributed by atoms with Gasteiger partial charge in [-0.05, 0) is 44.9 Å². The molecule has 0 amide bonds. The second-order valence-electron chi connectivity index (χ2n) is 5.03. The molecule has 6 heteroatoms. The summed E-state index contributed by atoms with van der Waals surface area (Å²) in [7, 11) is 0. The number of hydrogen-bond donors (Lipinski definition) is 0. The lowest BCUT2D eigenvalue weighted by atomic mass is 10.2. The molecule has 0 saturated carbocycles. The summed E-state index contributed by atoms with van der Waals surface area (Å²) in [4.78, 5) is 22.8. The normalized spacial score (nSPS) is 13.2. The Morgan fingerprint density at radius 1 is 1.25 bits per heavy atom. The van der Waals surface area contributed by atoms with Crippen LogP contribution in [0.4, 0.5) is 0 Å². The number of carbonyl (C=O) groups is 2. The molecule has 116 valence electrons. The highest BCUT2D eigenvalue weighted by Crippen LogP contribution is 2.24. The summed E-state index contributed by atoms with van der Waals surface area (Å²) in [5, 5.41) is 1.92. The first-order valence-corrected chi connectivity index (χ1v) is 8.72. The first-order valence-electron chi connectivity index (χ1n) is 6.49. The van der Waals surface area contributed by atoms with E-state index in [0.717, 1.165) is 6.42 Å². The highest BCUT2D eigenvalue weighted by Gasteiger charge is 2.19. The molecule has 0 spiro atoms. The summed E-state index contributed by atoms with van der Waals surface area (Å²) < 4.78 is 10.5. The molecule has 0 saturated heterocycles. The standard InChI is InChI=1S/C14H24O4S2/c1-6-13(19-5)20-9-7-8-17-11(15)10-12(16)18-14(2,3)4/h7,9,13H,6,8,10H2,1-5H3/b9-7+/t13-/m1/s1. The van der Waals surface area contributed by atoms with E-state index >= 15 is 0 Å². The monoisotopic (exact) mass is 320 g/mol. The quantitative estimate of drug-likeness (QED) is 0.387. The van der Waals surface area contributed by atoms with Crippen LogP contribution in [0, 0.1) is 0 Å². The van der Waals surface area contributed by atoms with Crippen molar-refractivity contribution in [3.8, 4) is 0 Å². The topological polar surface area (TPSA) is 52.6 Å². The average molecular weight is 320 g/mol. The molecule has 0 fully saturated rings. The van der Waals surface area contributed by atoms with Crippen LogP contribution >= 0.6 is 23.5 Å². The van der Waals surface area contributed by atoms with Gasteiger partial charge in [-0.1, -0.05) is 6.92 Å². The van der Waals surface area contributed by atoms with Gasteiger partial charge in [0.2, 0.25) is 0 Å². The Bertz CT molecular complexity index is 331. The van der Waals surface area contributed by atoms with Gasteiger partial charge >= 0.3 is 11.9 Å². The lowest BCUT2D eigenvalue weighted by molar-refractivity contribution is -0.161. The summed E-state index contributed by atoms with van der Waals surface area (Å²) in [5.74, 6) is -1.12. The third-order valence-electron chi connectivity index (χ3n) is 1.97. The number of carbonyl (C=O) groups excluding carboxylic acids is 2. The molecule has 0 radical (unpaired) electrons. The van der Waals surface area contributed by atoms with E-state index in [9.17, 15) is 9.59 Å². The zero-order chi connectivity index (χ0) is 15.6. The van der Waals surface area contributed by atoms with Crippen LogP contribution in [-0.2, 0) is 19.1 Å². The number of ether oxygens (including phenoxy) is 2. The van der Waals surface area contributed by atoms with E-state index in [4.69, 9.17) is 9.47 Å². The van der Waals surface area contributed by atoms with Crippen molar-refractivity contribution >= 4 is 35.5 Å². The molecule has 1 atom stereocenters. The minimum Gasteiger partial charge on any atom is -0.461 e. The molecule has 0 aliphatic carbocycles. The Labute approximate surface area is 130 Å². The van der Waals surface area contributed by atoms with Crippen molar-refractivity contribution in [1.29, 1.82) is 0 Å². The van der Waals surface area contributed by atoms with Gasteiger partial charge in [0.1, 0.15) is 18.6 Å². The lowest BCUT2D eigenvalue weighted by Crippen LogP contribution is -2.25. The van der Waals surface area contributed by atoms with Gasteiger partial charge in [-0.3, -0.25) is 9.59 Å². The maximum absolute atomic E-state index is 11.4. The molecule has 0 rings (SSSR count). The van der Waals surface area contributed by atoms with E-state index in [-0.39, 0.29) is 13.0 Å². The maximum Gasteiger partial charge on any atom is 0.317 e. The Kier molecular flexibility index (Phi) is 9.84. The van der Waals surface area contributed by atoms with Gasteiger partial charge in [0.05, 0.1) is 4.58 Å².